The molecule has 0 aliphatic rings. The highest BCUT2D eigenvalue weighted by atomic mass is 32.1. The van der Waals surface area contributed by atoms with E-state index in [4.69, 9.17) is 0 Å². The van der Waals surface area contributed by atoms with Crippen LogP contribution in [0.5, 0.6) is 0 Å². The summed E-state index contributed by atoms with van der Waals surface area (Å²) in [5.41, 5.74) is 4.46. The van der Waals surface area contributed by atoms with Crippen LogP contribution in [0.25, 0.3) is 11.3 Å². The van der Waals surface area contributed by atoms with Gasteiger partial charge in [0, 0.05) is 35.9 Å². The number of benzene rings is 1. The van der Waals surface area contributed by atoms with Gasteiger partial charge in [0.05, 0.1) is 5.69 Å². The number of thiazole rings is 1. The fraction of sp³-hybridized carbons (Fsp3) is 0.176. The number of pyridine rings is 1. The normalized spacial score (nSPS) is 10.7. The molecule has 0 saturated heterocycles. The molecule has 2 heterocycles. The lowest BCUT2D eigenvalue weighted by atomic mass is 10.2. The standard InChI is InChI=1S/C17H17N3S/c1-13-7-8-14(10-19-13)9-18-11-17-20-16(12-21-17)15-5-3-2-4-6-15/h2-8,10,12,18H,9,11H2,1H3. The van der Waals surface area contributed by atoms with Gasteiger partial charge in [-0.25, -0.2) is 4.98 Å². The maximum Gasteiger partial charge on any atom is 0.107 e. The van der Waals surface area contributed by atoms with Crippen molar-refractivity contribution in [3.63, 3.8) is 0 Å². The first kappa shape index (κ1) is 13.9. The maximum atomic E-state index is 4.67. The van der Waals surface area contributed by atoms with Crippen LogP contribution in [0.15, 0.2) is 54.0 Å². The highest BCUT2D eigenvalue weighted by Crippen LogP contribution is 2.21. The van der Waals surface area contributed by atoms with E-state index in [1.165, 1.54) is 11.1 Å². The van der Waals surface area contributed by atoms with Crippen molar-refractivity contribution in [3.05, 3.63) is 70.3 Å². The van der Waals surface area contributed by atoms with Crippen molar-refractivity contribution in [2.45, 2.75) is 20.0 Å². The Hall–Kier alpha value is -2.04. The Morgan fingerprint density at radius 2 is 1.90 bits per heavy atom. The Morgan fingerprint density at radius 1 is 1.05 bits per heavy atom. The van der Waals surface area contributed by atoms with Gasteiger partial charge in [0.1, 0.15) is 5.01 Å². The van der Waals surface area contributed by atoms with Gasteiger partial charge in [0.25, 0.3) is 0 Å². The minimum atomic E-state index is 0.783. The second-order valence-electron chi connectivity index (χ2n) is 4.90. The predicted octanol–water partition coefficient (Wildman–Crippen LogP) is 3.80. The van der Waals surface area contributed by atoms with Crippen molar-refractivity contribution in [1.29, 1.82) is 0 Å². The van der Waals surface area contributed by atoms with Gasteiger partial charge in [-0.1, -0.05) is 36.4 Å². The second-order valence-corrected chi connectivity index (χ2v) is 5.85. The van der Waals surface area contributed by atoms with Gasteiger partial charge in [-0.3, -0.25) is 4.98 Å². The summed E-state index contributed by atoms with van der Waals surface area (Å²) in [4.78, 5) is 8.96. The number of hydrogen-bond donors (Lipinski definition) is 1. The Kier molecular flexibility index (Phi) is 4.38. The molecule has 1 aromatic carbocycles. The first-order valence-electron chi connectivity index (χ1n) is 6.93. The summed E-state index contributed by atoms with van der Waals surface area (Å²) in [6.45, 7) is 3.59. The Bertz CT molecular complexity index is 690. The molecule has 21 heavy (non-hydrogen) atoms. The number of rotatable bonds is 5. The zero-order chi connectivity index (χ0) is 14.5. The number of hydrogen-bond acceptors (Lipinski definition) is 4. The third-order valence-corrected chi connectivity index (χ3v) is 4.05. The van der Waals surface area contributed by atoms with E-state index in [0.29, 0.717) is 0 Å². The largest absolute Gasteiger partial charge is 0.306 e. The second kappa shape index (κ2) is 6.61. The zero-order valence-corrected chi connectivity index (χ0v) is 12.7. The van der Waals surface area contributed by atoms with Crippen LogP contribution in [0.2, 0.25) is 0 Å². The minimum absolute atomic E-state index is 0.783. The quantitative estimate of drug-likeness (QED) is 0.778. The molecule has 1 N–H and O–H groups in total. The van der Waals surface area contributed by atoms with Gasteiger partial charge in [-0.05, 0) is 18.6 Å². The average molecular weight is 295 g/mol. The molecule has 2 aromatic heterocycles. The van der Waals surface area contributed by atoms with Crippen LogP contribution in [0.1, 0.15) is 16.3 Å². The van der Waals surface area contributed by atoms with Crippen LogP contribution in [0.3, 0.4) is 0 Å². The summed E-state index contributed by atoms with van der Waals surface area (Å²) in [6.07, 6.45) is 1.92. The lowest BCUT2D eigenvalue weighted by Gasteiger charge is -2.02. The van der Waals surface area contributed by atoms with E-state index >= 15 is 0 Å². The highest BCUT2D eigenvalue weighted by Gasteiger charge is 2.03. The zero-order valence-electron chi connectivity index (χ0n) is 11.9. The monoisotopic (exact) mass is 295 g/mol. The molecule has 0 aliphatic carbocycles. The predicted molar refractivity (Wildman–Crippen MR) is 87.1 cm³/mol. The van der Waals surface area contributed by atoms with Gasteiger partial charge >= 0.3 is 0 Å². The summed E-state index contributed by atoms with van der Waals surface area (Å²) >= 11 is 1.69. The maximum absolute atomic E-state index is 4.67. The minimum Gasteiger partial charge on any atom is -0.306 e. The molecule has 0 atom stereocenters. The van der Waals surface area contributed by atoms with E-state index in [-0.39, 0.29) is 0 Å². The van der Waals surface area contributed by atoms with E-state index in [2.05, 4.69) is 38.9 Å². The van der Waals surface area contributed by atoms with Crippen LogP contribution in [0, 0.1) is 6.92 Å². The molecule has 0 fully saturated rings. The topological polar surface area (TPSA) is 37.8 Å². The molecule has 0 spiro atoms. The third-order valence-electron chi connectivity index (χ3n) is 3.20. The number of nitrogens with one attached hydrogen (secondary N) is 1. The molecular formula is C17H17N3S. The Morgan fingerprint density at radius 3 is 2.67 bits per heavy atom. The number of aromatic nitrogens is 2. The Balaban J connectivity index is 1.57. The SMILES string of the molecule is Cc1ccc(CNCc2nc(-c3ccccc3)cs2)cn1. The van der Waals surface area contributed by atoms with Crippen LogP contribution in [0.4, 0.5) is 0 Å². The van der Waals surface area contributed by atoms with E-state index < -0.39 is 0 Å². The van der Waals surface area contributed by atoms with Gasteiger partial charge < -0.3 is 5.32 Å². The van der Waals surface area contributed by atoms with Gasteiger partial charge in [0.15, 0.2) is 0 Å². The van der Waals surface area contributed by atoms with Crippen molar-refractivity contribution in [2.75, 3.05) is 0 Å². The molecule has 0 aliphatic heterocycles. The molecule has 4 heteroatoms. The van der Waals surface area contributed by atoms with Gasteiger partial charge in [-0.15, -0.1) is 11.3 Å². The lowest BCUT2D eigenvalue weighted by Crippen LogP contribution is -2.12. The molecular weight excluding hydrogens is 278 g/mol. The first-order chi connectivity index (χ1) is 10.3. The average Bonchev–Trinajstić information content (AvgIpc) is 2.99. The van der Waals surface area contributed by atoms with Crippen LogP contribution < -0.4 is 5.32 Å². The van der Waals surface area contributed by atoms with E-state index in [1.807, 2.05) is 37.4 Å². The van der Waals surface area contributed by atoms with Crippen LogP contribution in [-0.2, 0) is 13.1 Å². The fourth-order valence-corrected chi connectivity index (χ4v) is 2.82. The molecule has 0 saturated carbocycles. The fourth-order valence-electron chi connectivity index (χ4n) is 2.05. The van der Waals surface area contributed by atoms with Crippen molar-refractivity contribution in [1.82, 2.24) is 15.3 Å². The van der Waals surface area contributed by atoms with Gasteiger partial charge in [0.2, 0.25) is 0 Å². The smallest absolute Gasteiger partial charge is 0.107 e. The van der Waals surface area contributed by atoms with Crippen molar-refractivity contribution in [3.8, 4) is 11.3 Å². The van der Waals surface area contributed by atoms with E-state index in [1.54, 1.807) is 11.3 Å². The van der Waals surface area contributed by atoms with E-state index in [9.17, 15) is 0 Å². The molecule has 3 nitrogen and oxygen atoms in total. The molecule has 106 valence electrons. The van der Waals surface area contributed by atoms with Crippen LogP contribution in [-0.4, -0.2) is 9.97 Å². The summed E-state index contributed by atoms with van der Waals surface area (Å²) in [6, 6.07) is 14.4. The van der Waals surface area contributed by atoms with E-state index in [0.717, 1.165) is 29.5 Å². The van der Waals surface area contributed by atoms with Crippen LogP contribution >= 0.6 is 11.3 Å². The first-order valence-corrected chi connectivity index (χ1v) is 7.81. The van der Waals surface area contributed by atoms with Crippen molar-refractivity contribution in [2.24, 2.45) is 0 Å². The molecule has 0 bridgehead atoms. The molecule has 3 rings (SSSR count). The summed E-state index contributed by atoms with van der Waals surface area (Å²) in [5.74, 6) is 0. The van der Waals surface area contributed by atoms with Gasteiger partial charge in [-0.2, -0.15) is 0 Å². The molecule has 0 unspecified atom stereocenters. The molecule has 3 aromatic rings. The Labute approximate surface area is 128 Å². The summed E-state index contributed by atoms with van der Waals surface area (Å²) in [5, 5.41) is 6.63. The molecule has 0 radical (unpaired) electrons. The summed E-state index contributed by atoms with van der Waals surface area (Å²) < 4.78 is 0. The lowest BCUT2D eigenvalue weighted by molar-refractivity contribution is 0.688. The highest BCUT2D eigenvalue weighted by molar-refractivity contribution is 7.09. The van der Waals surface area contributed by atoms with Crippen molar-refractivity contribution < 1.29 is 0 Å². The summed E-state index contributed by atoms with van der Waals surface area (Å²) in [7, 11) is 0. The number of aryl methyl sites for hydroxylation is 1. The number of nitrogens with zero attached hydrogens (tertiary/aromatic N) is 2. The van der Waals surface area contributed by atoms with Crippen molar-refractivity contribution >= 4 is 11.3 Å². The molecule has 0 amide bonds. The third kappa shape index (κ3) is 3.74.